The Labute approximate surface area is 163 Å². The van der Waals surface area contributed by atoms with Crippen LogP contribution in [0.15, 0.2) is 18.2 Å². The molecular weight excluding hydrogens is 372 g/mol. The van der Waals surface area contributed by atoms with Crippen molar-refractivity contribution in [3.05, 3.63) is 23.2 Å². The van der Waals surface area contributed by atoms with Gasteiger partial charge in [0.25, 0.3) is 5.91 Å². The largest absolute Gasteiger partial charge is 0.495 e. The fraction of sp³-hybridized carbons (Fsp3) is 0.526. The lowest BCUT2D eigenvalue weighted by Gasteiger charge is -2.34. The summed E-state index contributed by atoms with van der Waals surface area (Å²) in [6.07, 6.45) is 1.59. The van der Waals surface area contributed by atoms with Crippen LogP contribution in [0.4, 0.5) is 5.69 Å². The molecule has 146 valence electrons. The van der Waals surface area contributed by atoms with Crippen molar-refractivity contribution in [3.63, 3.8) is 0 Å². The standard InChI is InChI=1S/C19H23ClN2O5/c1-3-27-19(25)12-5-4-8-21(11-12)15-10-17(23)22(18(15)24)14-9-13(20)6-7-16(14)26-2/h6-7,9,12,15H,3-5,8,10-11H2,1-2H3/t12-,15+/m0/s1. The summed E-state index contributed by atoms with van der Waals surface area (Å²) >= 11 is 6.05. The molecule has 2 aliphatic rings. The van der Waals surface area contributed by atoms with Gasteiger partial charge in [-0.3, -0.25) is 19.3 Å². The fourth-order valence-corrected chi connectivity index (χ4v) is 3.90. The summed E-state index contributed by atoms with van der Waals surface area (Å²) in [5.74, 6) is -0.720. The average Bonchev–Trinajstić information content (AvgIpc) is 2.96. The molecule has 0 bridgehead atoms. The minimum absolute atomic E-state index is 0.0735. The summed E-state index contributed by atoms with van der Waals surface area (Å²) in [5.41, 5.74) is 0.349. The van der Waals surface area contributed by atoms with Crippen molar-refractivity contribution < 1.29 is 23.9 Å². The number of hydrogen-bond donors (Lipinski definition) is 0. The summed E-state index contributed by atoms with van der Waals surface area (Å²) in [6.45, 7) is 3.19. The van der Waals surface area contributed by atoms with Gasteiger partial charge in [0, 0.05) is 11.6 Å². The number of anilines is 1. The molecule has 2 aliphatic heterocycles. The number of carbonyl (C=O) groups excluding carboxylic acids is 3. The molecule has 0 unspecified atom stereocenters. The van der Waals surface area contributed by atoms with Crippen molar-refractivity contribution in [1.82, 2.24) is 4.90 Å². The number of benzene rings is 1. The number of likely N-dealkylation sites (tertiary alicyclic amines) is 1. The molecule has 0 aliphatic carbocycles. The number of amides is 2. The van der Waals surface area contributed by atoms with Gasteiger partial charge in [-0.2, -0.15) is 0 Å². The number of hydrogen-bond acceptors (Lipinski definition) is 6. The Morgan fingerprint density at radius 2 is 2.11 bits per heavy atom. The Morgan fingerprint density at radius 1 is 1.33 bits per heavy atom. The molecule has 0 N–H and O–H groups in total. The van der Waals surface area contributed by atoms with Crippen LogP contribution in [0.2, 0.25) is 5.02 Å². The third kappa shape index (κ3) is 3.94. The molecule has 0 radical (unpaired) electrons. The molecule has 7 nitrogen and oxygen atoms in total. The topological polar surface area (TPSA) is 76.2 Å². The van der Waals surface area contributed by atoms with E-state index in [2.05, 4.69) is 0 Å². The summed E-state index contributed by atoms with van der Waals surface area (Å²) in [4.78, 5) is 40.8. The second kappa shape index (κ2) is 8.27. The molecule has 2 atom stereocenters. The predicted octanol–water partition coefficient (Wildman–Crippen LogP) is 2.26. The zero-order valence-electron chi connectivity index (χ0n) is 15.4. The Balaban J connectivity index is 1.80. The summed E-state index contributed by atoms with van der Waals surface area (Å²) in [5, 5.41) is 0.412. The molecule has 1 aromatic rings. The molecule has 3 rings (SSSR count). The van der Waals surface area contributed by atoms with E-state index in [0.29, 0.717) is 36.2 Å². The van der Waals surface area contributed by atoms with Crippen LogP contribution in [0.5, 0.6) is 5.75 Å². The molecule has 27 heavy (non-hydrogen) atoms. The Morgan fingerprint density at radius 3 is 2.81 bits per heavy atom. The number of rotatable bonds is 5. The molecule has 0 saturated carbocycles. The van der Waals surface area contributed by atoms with Crippen LogP contribution in [0.25, 0.3) is 0 Å². The number of imide groups is 1. The van der Waals surface area contributed by atoms with Gasteiger partial charge in [0.05, 0.1) is 37.8 Å². The number of esters is 1. The van der Waals surface area contributed by atoms with E-state index in [0.717, 1.165) is 17.7 Å². The maximum Gasteiger partial charge on any atom is 0.310 e. The second-order valence-corrected chi connectivity index (χ2v) is 7.13. The first kappa shape index (κ1) is 19.6. The Kier molecular flexibility index (Phi) is 6.01. The quantitative estimate of drug-likeness (QED) is 0.563. The van der Waals surface area contributed by atoms with Gasteiger partial charge in [-0.05, 0) is 44.5 Å². The number of carbonyl (C=O) groups is 3. The maximum absolute atomic E-state index is 13.0. The first-order valence-corrected chi connectivity index (χ1v) is 9.45. The van der Waals surface area contributed by atoms with Crippen LogP contribution in [-0.2, 0) is 19.1 Å². The van der Waals surface area contributed by atoms with Crippen LogP contribution in [0, 0.1) is 5.92 Å². The molecule has 0 spiro atoms. The van der Waals surface area contributed by atoms with Gasteiger partial charge in [0.2, 0.25) is 5.91 Å². The highest BCUT2D eigenvalue weighted by molar-refractivity contribution is 6.31. The van der Waals surface area contributed by atoms with E-state index in [4.69, 9.17) is 21.1 Å². The minimum Gasteiger partial charge on any atom is -0.495 e. The third-order valence-electron chi connectivity index (χ3n) is 5.02. The number of ether oxygens (including phenoxy) is 2. The summed E-state index contributed by atoms with van der Waals surface area (Å²) < 4.78 is 10.4. The van der Waals surface area contributed by atoms with E-state index in [1.165, 1.54) is 7.11 Å². The number of methoxy groups -OCH3 is 1. The van der Waals surface area contributed by atoms with Crippen LogP contribution in [-0.4, -0.2) is 55.5 Å². The van der Waals surface area contributed by atoms with E-state index in [1.807, 2.05) is 4.90 Å². The SMILES string of the molecule is CCOC(=O)[C@H]1CCCN([C@@H]2CC(=O)N(c3cc(Cl)ccc3OC)C2=O)C1. The normalized spacial score (nSPS) is 23.6. The zero-order chi connectivity index (χ0) is 19.6. The van der Waals surface area contributed by atoms with E-state index in [-0.39, 0.29) is 30.1 Å². The van der Waals surface area contributed by atoms with Gasteiger partial charge in [0.15, 0.2) is 0 Å². The van der Waals surface area contributed by atoms with Crippen LogP contribution in [0.3, 0.4) is 0 Å². The molecule has 2 heterocycles. The number of piperidine rings is 1. The molecule has 2 amide bonds. The van der Waals surface area contributed by atoms with Crippen molar-refractivity contribution in [1.29, 1.82) is 0 Å². The van der Waals surface area contributed by atoms with Gasteiger partial charge in [0.1, 0.15) is 5.75 Å². The lowest BCUT2D eigenvalue weighted by atomic mass is 9.96. The highest BCUT2D eigenvalue weighted by atomic mass is 35.5. The van der Waals surface area contributed by atoms with Crippen LogP contribution < -0.4 is 9.64 Å². The molecule has 1 aromatic carbocycles. The van der Waals surface area contributed by atoms with Crippen molar-refractivity contribution in [3.8, 4) is 5.75 Å². The van der Waals surface area contributed by atoms with Gasteiger partial charge >= 0.3 is 5.97 Å². The lowest BCUT2D eigenvalue weighted by Crippen LogP contribution is -2.48. The van der Waals surface area contributed by atoms with E-state index >= 15 is 0 Å². The van der Waals surface area contributed by atoms with Gasteiger partial charge in [-0.25, -0.2) is 4.90 Å². The molecule has 0 aromatic heterocycles. The molecule has 2 saturated heterocycles. The van der Waals surface area contributed by atoms with Gasteiger partial charge in [-0.15, -0.1) is 0 Å². The van der Waals surface area contributed by atoms with Crippen LogP contribution >= 0.6 is 11.6 Å². The second-order valence-electron chi connectivity index (χ2n) is 6.69. The smallest absolute Gasteiger partial charge is 0.310 e. The van der Waals surface area contributed by atoms with E-state index < -0.39 is 6.04 Å². The Bertz CT molecular complexity index is 754. The van der Waals surface area contributed by atoms with Gasteiger partial charge in [-0.1, -0.05) is 11.6 Å². The maximum atomic E-state index is 13.0. The summed E-state index contributed by atoms with van der Waals surface area (Å²) in [6, 6.07) is 4.24. The monoisotopic (exact) mass is 394 g/mol. The minimum atomic E-state index is -0.585. The zero-order valence-corrected chi connectivity index (χ0v) is 16.2. The van der Waals surface area contributed by atoms with Gasteiger partial charge < -0.3 is 9.47 Å². The third-order valence-corrected chi connectivity index (χ3v) is 5.25. The predicted molar refractivity (Wildman–Crippen MR) is 99.8 cm³/mol. The summed E-state index contributed by atoms with van der Waals surface area (Å²) in [7, 11) is 1.48. The lowest BCUT2D eigenvalue weighted by molar-refractivity contribution is -0.150. The molecule has 8 heteroatoms. The van der Waals surface area contributed by atoms with Crippen molar-refractivity contribution in [2.24, 2.45) is 5.92 Å². The van der Waals surface area contributed by atoms with Crippen LogP contribution in [0.1, 0.15) is 26.2 Å². The number of halogens is 1. The first-order chi connectivity index (χ1) is 13.0. The Hall–Kier alpha value is -2.12. The highest BCUT2D eigenvalue weighted by Crippen LogP contribution is 2.36. The highest BCUT2D eigenvalue weighted by Gasteiger charge is 2.45. The van der Waals surface area contributed by atoms with Crippen molar-refractivity contribution in [2.45, 2.75) is 32.2 Å². The first-order valence-electron chi connectivity index (χ1n) is 9.07. The number of nitrogens with zero attached hydrogens (tertiary/aromatic N) is 2. The van der Waals surface area contributed by atoms with Crippen molar-refractivity contribution >= 4 is 35.1 Å². The average molecular weight is 395 g/mol. The molecular formula is C19H23ClN2O5. The fourth-order valence-electron chi connectivity index (χ4n) is 3.73. The molecule has 2 fully saturated rings. The van der Waals surface area contributed by atoms with E-state index in [1.54, 1.807) is 25.1 Å². The van der Waals surface area contributed by atoms with E-state index in [9.17, 15) is 14.4 Å². The van der Waals surface area contributed by atoms with Crippen molar-refractivity contribution in [2.75, 3.05) is 31.7 Å².